The Hall–Kier alpha value is -2.04. The van der Waals surface area contributed by atoms with Gasteiger partial charge in [-0.1, -0.05) is 26.3 Å². The molecule has 1 heterocycles. The first-order valence-corrected chi connectivity index (χ1v) is 7.32. The average molecular weight is 290 g/mol. The summed E-state index contributed by atoms with van der Waals surface area (Å²) in [5, 5.41) is 6.03. The van der Waals surface area contributed by atoms with E-state index in [2.05, 4.69) is 10.6 Å². The summed E-state index contributed by atoms with van der Waals surface area (Å²) < 4.78 is 4.78. The highest BCUT2D eigenvalue weighted by atomic mass is 16.5. The van der Waals surface area contributed by atoms with E-state index in [1.54, 1.807) is 6.07 Å². The zero-order chi connectivity index (χ0) is 15.4. The van der Waals surface area contributed by atoms with Gasteiger partial charge in [0.25, 0.3) is 5.91 Å². The quantitative estimate of drug-likeness (QED) is 0.814. The van der Waals surface area contributed by atoms with E-state index in [1.165, 1.54) is 12.7 Å². The molecule has 5 nitrogen and oxygen atoms in total. The molecule has 21 heavy (non-hydrogen) atoms. The van der Waals surface area contributed by atoms with Crippen LogP contribution in [0.3, 0.4) is 0 Å². The highest BCUT2D eigenvalue weighted by Gasteiger charge is 2.27. The molecule has 0 bridgehead atoms. The summed E-state index contributed by atoms with van der Waals surface area (Å²) in [6.45, 7) is 4.80. The minimum Gasteiger partial charge on any atom is -0.467 e. The van der Waals surface area contributed by atoms with Crippen molar-refractivity contribution in [3.63, 3.8) is 0 Å². The van der Waals surface area contributed by atoms with Crippen LogP contribution in [0, 0.1) is 5.92 Å². The number of benzene rings is 1. The second-order valence-corrected chi connectivity index (χ2v) is 5.41. The van der Waals surface area contributed by atoms with Crippen LogP contribution in [0.5, 0.6) is 0 Å². The molecule has 2 rings (SSSR count). The molecule has 1 aromatic carbocycles. The Balaban J connectivity index is 2.13. The number of amides is 1. The van der Waals surface area contributed by atoms with Crippen LogP contribution in [0.15, 0.2) is 18.2 Å². The Morgan fingerprint density at radius 3 is 2.86 bits per heavy atom. The molecule has 1 aliphatic heterocycles. The molecule has 2 N–H and O–H groups in total. The van der Waals surface area contributed by atoms with E-state index in [1.807, 2.05) is 26.0 Å². The highest BCUT2D eigenvalue weighted by molar-refractivity contribution is 5.97. The maximum Gasteiger partial charge on any atom is 0.328 e. The lowest BCUT2D eigenvalue weighted by molar-refractivity contribution is -0.144. The molecule has 0 aromatic heterocycles. The number of methoxy groups -OCH3 is 1. The summed E-state index contributed by atoms with van der Waals surface area (Å²) in [4.78, 5) is 24.2. The maximum absolute atomic E-state index is 12.3. The van der Waals surface area contributed by atoms with Crippen molar-refractivity contribution >= 4 is 17.6 Å². The zero-order valence-corrected chi connectivity index (χ0v) is 12.7. The van der Waals surface area contributed by atoms with Crippen molar-refractivity contribution in [3.8, 4) is 0 Å². The molecule has 114 valence electrons. The van der Waals surface area contributed by atoms with Gasteiger partial charge in [-0.15, -0.1) is 0 Å². The van der Waals surface area contributed by atoms with Gasteiger partial charge in [-0.25, -0.2) is 4.79 Å². The summed E-state index contributed by atoms with van der Waals surface area (Å²) in [5.41, 5.74) is 2.78. The molecule has 5 heteroatoms. The van der Waals surface area contributed by atoms with Gasteiger partial charge in [-0.2, -0.15) is 0 Å². The normalized spacial score (nSPS) is 15.6. The van der Waals surface area contributed by atoms with Crippen LogP contribution < -0.4 is 10.6 Å². The van der Waals surface area contributed by atoms with Crippen molar-refractivity contribution in [2.75, 3.05) is 19.0 Å². The maximum atomic E-state index is 12.3. The first-order valence-electron chi connectivity index (χ1n) is 7.32. The minimum absolute atomic E-state index is 0.0222. The molecule has 0 radical (unpaired) electrons. The van der Waals surface area contributed by atoms with Crippen LogP contribution in [-0.2, 0) is 16.0 Å². The number of ether oxygens (including phenoxy) is 1. The number of hydrogen-bond acceptors (Lipinski definition) is 4. The van der Waals surface area contributed by atoms with Crippen LogP contribution in [0.25, 0.3) is 0 Å². The van der Waals surface area contributed by atoms with Crippen molar-refractivity contribution in [1.82, 2.24) is 5.32 Å². The van der Waals surface area contributed by atoms with E-state index in [0.29, 0.717) is 5.56 Å². The number of anilines is 1. The van der Waals surface area contributed by atoms with Gasteiger partial charge in [-0.3, -0.25) is 4.79 Å². The van der Waals surface area contributed by atoms with E-state index >= 15 is 0 Å². The highest BCUT2D eigenvalue weighted by Crippen LogP contribution is 2.23. The first-order chi connectivity index (χ1) is 10.1. The van der Waals surface area contributed by atoms with E-state index < -0.39 is 12.0 Å². The molecular formula is C16H22N2O3. The van der Waals surface area contributed by atoms with Crippen molar-refractivity contribution < 1.29 is 14.3 Å². The molecule has 0 saturated heterocycles. The number of rotatable bonds is 5. The van der Waals surface area contributed by atoms with Crippen LogP contribution in [0.1, 0.15) is 36.2 Å². The predicted octanol–water partition coefficient (Wildman–Crippen LogP) is 1.97. The third-order valence-electron chi connectivity index (χ3n) is 4.04. The third kappa shape index (κ3) is 3.35. The fourth-order valence-corrected chi connectivity index (χ4v) is 2.45. The second-order valence-electron chi connectivity index (χ2n) is 5.41. The van der Waals surface area contributed by atoms with Crippen LogP contribution in [-0.4, -0.2) is 31.6 Å². The largest absolute Gasteiger partial charge is 0.467 e. The van der Waals surface area contributed by atoms with Crippen molar-refractivity contribution in [1.29, 1.82) is 0 Å². The van der Waals surface area contributed by atoms with Crippen LogP contribution in [0.2, 0.25) is 0 Å². The van der Waals surface area contributed by atoms with E-state index in [9.17, 15) is 9.59 Å². The number of carbonyl (C=O) groups is 2. The molecule has 0 spiro atoms. The number of carbonyl (C=O) groups excluding carboxylic acids is 2. The lowest BCUT2D eigenvalue weighted by Gasteiger charge is -2.22. The van der Waals surface area contributed by atoms with E-state index in [0.717, 1.165) is 25.1 Å². The van der Waals surface area contributed by atoms with Crippen LogP contribution in [0.4, 0.5) is 5.69 Å². The molecule has 0 aliphatic carbocycles. The molecule has 2 atom stereocenters. The van der Waals surface area contributed by atoms with Crippen molar-refractivity contribution in [2.24, 2.45) is 5.92 Å². The Kier molecular flexibility index (Phi) is 4.83. The lowest BCUT2D eigenvalue weighted by atomic mass is 9.98. The Morgan fingerprint density at radius 1 is 1.43 bits per heavy atom. The fraction of sp³-hybridized carbons (Fsp3) is 0.500. The van der Waals surface area contributed by atoms with Gasteiger partial charge in [0.15, 0.2) is 0 Å². The lowest BCUT2D eigenvalue weighted by Crippen LogP contribution is -2.45. The topological polar surface area (TPSA) is 67.4 Å². The number of fused-ring (bicyclic) bond motifs is 1. The monoisotopic (exact) mass is 290 g/mol. The molecule has 0 saturated carbocycles. The predicted molar refractivity (Wildman–Crippen MR) is 81.4 cm³/mol. The molecule has 2 unspecified atom stereocenters. The molecule has 1 aliphatic rings. The number of nitrogens with one attached hydrogen (secondary N) is 2. The van der Waals surface area contributed by atoms with E-state index in [4.69, 9.17) is 4.74 Å². The summed E-state index contributed by atoms with van der Waals surface area (Å²) in [6.07, 6.45) is 1.76. The van der Waals surface area contributed by atoms with Gasteiger partial charge in [0, 0.05) is 17.8 Å². The summed E-state index contributed by atoms with van der Waals surface area (Å²) in [7, 11) is 1.34. The summed E-state index contributed by atoms with van der Waals surface area (Å²) in [5.74, 6) is -0.631. The van der Waals surface area contributed by atoms with E-state index in [-0.39, 0.29) is 11.8 Å². The molecule has 1 amide bonds. The average Bonchev–Trinajstić information content (AvgIpc) is 2.98. The standard InChI is InChI=1S/C16H22N2O3/c1-4-10(2)14(16(20)21-3)18-15(19)12-6-5-11-7-8-17-13(11)9-12/h5-6,9-10,14,17H,4,7-8H2,1-3H3,(H,18,19). The minimum atomic E-state index is -0.617. The summed E-state index contributed by atoms with van der Waals surface area (Å²) >= 11 is 0. The number of hydrogen-bond donors (Lipinski definition) is 2. The third-order valence-corrected chi connectivity index (χ3v) is 4.04. The van der Waals surface area contributed by atoms with Gasteiger partial charge in [0.05, 0.1) is 7.11 Å². The van der Waals surface area contributed by atoms with Gasteiger partial charge in [0.2, 0.25) is 0 Å². The first kappa shape index (κ1) is 15.4. The second kappa shape index (κ2) is 6.61. The van der Waals surface area contributed by atoms with Crippen LogP contribution >= 0.6 is 0 Å². The Bertz CT molecular complexity index is 542. The Labute approximate surface area is 125 Å². The molecular weight excluding hydrogens is 268 g/mol. The zero-order valence-electron chi connectivity index (χ0n) is 12.7. The van der Waals surface area contributed by atoms with Gasteiger partial charge in [0.1, 0.15) is 6.04 Å². The fourth-order valence-electron chi connectivity index (χ4n) is 2.45. The van der Waals surface area contributed by atoms with Crippen molar-refractivity contribution in [2.45, 2.75) is 32.7 Å². The molecule has 0 fully saturated rings. The molecule has 1 aromatic rings. The van der Waals surface area contributed by atoms with Gasteiger partial charge in [-0.05, 0) is 30.0 Å². The summed E-state index contributed by atoms with van der Waals surface area (Å²) in [6, 6.07) is 4.98. The van der Waals surface area contributed by atoms with Gasteiger partial charge >= 0.3 is 5.97 Å². The van der Waals surface area contributed by atoms with Crippen molar-refractivity contribution in [3.05, 3.63) is 29.3 Å². The Morgan fingerprint density at radius 2 is 2.19 bits per heavy atom. The van der Waals surface area contributed by atoms with Gasteiger partial charge < -0.3 is 15.4 Å². The SMILES string of the molecule is CCC(C)C(NC(=O)c1ccc2c(c1)NCC2)C(=O)OC. The number of esters is 1. The smallest absolute Gasteiger partial charge is 0.328 e.